The predicted molar refractivity (Wildman–Crippen MR) is 112 cm³/mol. The van der Waals surface area contributed by atoms with Crippen molar-refractivity contribution in [2.24, 2.45) is 0 Å². The highest BCUT2D eigenvalue weighted by atomic mass is 35.5. The van der Waals surface area contributed by atoms with Crippen LogP contribution in [0.1, 0.15) is 17.3 Å². The van der Waals surface area contributed by atoms with Gasteiger partial charge in [-0.1, -0.05) is 29.3 Å². The van der Waals surface area contributed by atoms with Crippen LogP contribution in [0, 0.1) is 0 Å². The molecule has 0 aromatic heterocycles. The summed E-state index contributed by atoms with van der Waals surface area (Å²) in [5, 5.41) is 3.36. The van der Waals surface area contributed by atoms with Crippen molar-refractivity contribution in [2.45, 2.75) is 6.92 Å². The molecule has 0 fully saturated rings. The number of halogens is 2. The number of carbonyl (C=O) groups excluding carboxylic acids is 2. The Morgan fingerprint density at radius 2 is 1.93 bits per heavy atom. The topological polar surface area (TPSA) is 61.9 Å². The molecule has 0 atom stereocenters. The zero-order valence-corrected chi connectivity index (χ0v) is 17.2. The lowest BCUT2D eigenvalue weighted by Gasteiger charge is -2.28. The largest absolute Gasteiger partial charge is 0.490 e. The molecule has 148 valence electrons. The molecular formula is C20H21Cl2N3O3. The SMILES string of the molecule is CCN(CC(=O)Nc1c(Cl)cccc1Cl)C(=O)c1ccc2c(c1)N(C)CCO2. The normalized spacial score (nSPS) is 12.8. The summed E-state index contributed by atoms with van der Waals surface area (Å²) in [7, 11) is 1.95. The number of hydrogen-bond donors (Lipinski definition) is 1. The Hall–Kier alpha value is -2.44. The van der Waals surface area contributed by atoms with Gasteiger partial charge in [-0.15, -0.1) is 0 Å². The van der Waals surface area contributed by atoms with Crippen LogP contribution < -0.4 is 15.0 Å². The minimum absolute atomic E-state index is 0.111. The quantitative estimate of drug-likeness (QED) is 0.794. The number of fused-ring (bicyclic) bond motifs is 1. The molecule has 3 rings (SSSR count). The standard InChI is InChI=1S/C20H21Cl2N3O3/c1-3-25(12-18(26)23-19-14(21)5-4-6-15(19)22)20(27)13-7-8-17-16(11-13)24(2)9-10-28-17/h4-8,11H,3,9-10,12H2,1-2H3,(H,23,26). The number of amides is 2. The molecule has 2 aromatic carbocycles. The molecule has 8 heteroatoms. The van der Waals surface area contributed by atoms with E-state index in [1.54, 1.807) is 36.4 Å². The van der Waals surface area contributed by atoms with Crippen LogP contribution in [0.4, 0.5) is 11.4 Å². The summed E-state index contributed by atoms with van der Waals surface area (Å²) in [6, 6.07) is 10.3. The number of benzene rings is 2. The molecule has 1 heterocycles. The molecule has 28 heavy (non-hydrogen) atoms. The molecule has 2 amide bonds. The molecule has 0 unspecified atom stereocenters. The van der Waals surface area contributed by atoms with Crippen LogP contribution in [0.25, 0.3) is 0 Å². The van der Waals surface area contributed by atoms with Gasteiger partial charge in [0.1, 0.15) is 18.9 Å². The fourth-order valence-electron chi connectivity index (χ4n) is 2.96. The predicted octanol–water partition coefficient (Wildman–Crippen LogP) is 3.92. The summed E-state index contributed by atoms with van der Waals surface area (Å²) in [6.45, 7) is 3.46. The third-order valence-electron chi connectivity index (χ3n) is 4.53. The molecule has 6 nitrogen and oxygen atoms in total. The van der Waals surface area contributed by atoms with E-state index < -0.39 is 0 Å². The van der Waals surface area contributed by atoms with E-state index in [-0.39, 0.29) is 18.4 Å². The van der Waals surface area contributed by atoms with Crippen molar-refractivity contribution in [3.05, 3.63) is 52.0 Å². The fourth-order valence-corrected chi connectivity index (χ4v) is 3.46. The van der Waals surface area contributed by atoms with Crippen LogP contribution in [0.15, 0.2) is 36.4 Å². The van der Waals surface area contributed by atoms with E-state index in [2.05, 4.69) is 5.32 Å². The smallest absolute Gasteiger partial charge is 0.254 e. The van der Waals surface area contributed by atoms with Crippen molar-refractivity contribution in [3.63, 3.8) is 0 Å². The van der Waals surface area contributed by atoms with E-state index in [0.717, 1.165) is 18.0 Å². The average Bonchev–Trinajstić information content (AvgIpc) is 2.68. The van der Waals surface area contributed by atoms with Crippen LogP contribution in [-0.4, -0.2) is 50.0 Å². The monoisotopic (exact) mass is 421 g/mol. The second kappa shape index (κ2) is 8.71. The summed E-state index contributed by atoms with van der Waals surface area (Å²) in [5.41, 5.74) is 1.70. The first-order valence-electron chi connectivity index (χ1n) is 8.91. The molecule has 0 spiro atoms. The maximum absolute atomic E-state index is 12.9. The number of likely N-dealkylation sites (N-methyl/N-ethyl adjacent to an activating group) is 2. The van der Waals surface area contributed by atoms with Gasteiger partial charge < -0.3 is 19.9 Å². The molecule has 0 bridgehead atoms. The number of para-hydroxylation sites is 1. The van der Waals surface area contributed by atoms with Crippen LogP contribution >= 0.6 is 23.2 Å². The Bertz CT molecular complexity index is 884. The lowest BCUT2D eigenvalue weighted by atomic mass is 10.1. The Kier molecular flexibility index (Phi) is 6.31. The number of anilines is 2. The summed E-state index contributed by atoms with van der Waals surface area (Å²) in [6.07, 6.45) is 0. The lowest BCUT2D eigenvalue weighted by Crippen LogP contribution is -2.38. The lowest BCUT2D eigenvalue weighted by molar-refractivity contribution is -0.116. The van der Waals surface area contributed by atoms with Crippen molar-refractivity contribution in [3.8, 4) is 5.75 Å². The molecule has 2 aromatic rings. The molecule has 0 saturated carbocycles. The molecule has 1 aliphatic heterocycles. The number of hydrogen-bond acceptors (Lipinski definition) is 4. The minimum Gasteiger partial charge on any atom is -0.490 e. The molecule has 0 saturated heterocycles. The minimum atomic E-state index is -0.372. The second-order valence-corrected chi connectivity index (χ2v) is 7.23. The van der Waals surface area contributed by atoms with Gasteiger partial charge in [0.05, 0.1) is 28.0 Å². The van der Waals surface area contributed by atoms with Crippen molar-refractivity contribution in [2.75, 3.05) is 43.5 Å². The highest BCUT2D eigenvalue weighted by Crippen LogP contribution is 2.32. The first-order chi connectivity index (χ1) is 13.4. The zero-order chi connectivity index (χ0) is 20.3. The number of ether oxygens (including phenoxy) is 1. The van der Waals surface area contributed by atoms with Gasteiger partial charge in [-0.25, -0.2) is 0 Å². The Morgan fingerprint density at radius 1 is 1.21 bits per heavy atom. The maximum atomic E-state index is 12.9. The van der Waals surface area contributed by atoms with Gasteiger partial charge in [0, 0.05) is 19.2 Å². The third-order valence-corrected chi connectivity index (χ3v) is 5.16. The van der Waals surface area contributed by atoms with E-state index in [0.29, 0.717) is 34.4 Å². The fraction of sp³-hybridized carbons (Fsp3) is 0.300. The Morgan fingerprint density at radius 3 is 2.61 bits per heavy atom. The molecular weight excluding hydrogens is 401 g/mol. The highest BCUT2D eigenvalue weighted by Gasteiger charge is 2.22. The summed E-state index contributed by atoms with van der Waals surface area (Å²) in [4.78, 5) is 28.9. The van der Waals surface area contributed by atoms with Crippen molar-refractivity contribution >= 4 is 46.4 Å². The van der Waals surface area contributed by atoms with Gasteiger partial charge >= 0.3 is 0 Å². The van der Waals surface area contributed by atoms with Gasteiger partial charge in [0.25, 0.3) is 5.91 Å². The van der Waals surface area contributed by atoms with Crippen molar-refractivity contribution in [1.29, 1.82) is 0 Å². The zero-order valence-electron chi connectivity index (χ0n) is 15.7. The molecule has 1 N–H and O–H groups in total. The van der Waals surface area contributed by atoms with E-state index in [9.17, 15) is 9.59 Å². The average molecular weight is 422 g/mol. The highest BCUT2D eigenvalue weighted by molar-refractivity contribution is 6.39. The molecule has 0 aliphatic carbocycles. The number of carbonyl (C=O) groups is 2. The van der Waals surface area contributed by atoms with Crippen molar-refractivity contribution < 1.29 is 14.3 Å². The molecule has 1 aliphatic rings. The number of nitrogens with one attached hydrogen (secondary N) is 1. The summed E-state index contributed by atoms with van der Waals surface area (Å²) < 4.78 is 5.61. The van der Waals surface area contributed by atoms with E-state index in [4.69, 9.17) is 27.9 Å². The van der Waals surface area contributed by atoms with Crippen LogP contribution in [0.2, 0.25) is 10.0 Å². The number of nitrogens with zero attached hydrogens (tertiary/aromatic N) is 2. The maximum Gasteiger partial charge on any atom is 0.254 e. The second-order valence-electron chi connectivity index (χ2n) is 6.42. The van der Waals surface area contributed by atoms with E-state index >= 15 is 0 Å². The first-order valence-corrected chi connectivity index (χ1v) is 9.67. The van der Waals surface area contributed by atoms with Gasteiger partial charge in [-0.05, 0) is 37.3 Å². The van der Waals surface area contributed by atoms with E-state index in [1.165, 1.54) is 4.90 Å². The van der Waals surface area contributed by atoms with Crippen LogP contribution in [-0.2, 0) is 4.79 Å². The van der Waals surface area contributed by atoms with Gasteiger partial charge in [-0.2, -0.15) is 0 Å². The Labute approximate surface area is 174 Å². The first kappa shape index (κ1) is 20.3. The van der Waals surface area contributed by atoms with Crippen LogP contribution in [0.3, 0.4) is 0 Å². The molecule has 0 radical (unpaired) electrons. The number of rotatable bonds is 5. The Balaban J connectivity index is 1.73. The van der Waals surface area contributed by atoms with Crippen LogP contribution in [0.5, 0.6) is 5.75 Å². The van der Waals surface area contributed by atoms with Gasteiger partial charge in [0.15, 0.2) is 0 Å². The van der Waals surface area contributed by atoms with Gasteiger partial charge in [0.2, 0.25) is 5.91 Å². The van der Waals surface area contributed by atoms with E-state index in [1.807, 2.05) is 18.9 Å². The van der Waals surface area contributed by atoms with Crippen molar-refractivity contribution in [1.82, 2.24) is 4.90 Å². The third kappa shape index (κ3) is 4.34. The summed E-state index contributed by atoms with van der Waals surface area (Å²) >= 11 is 12.2. The van der Waals surface area contributed by atoms with Gasteiger partial charge in [-0.3, -0.25) is 9.59 Å². The summed E-state index contributed by atoms with van der Waals surface area (Å²) in [5.74, 6) is 0.146.